The molecule has 1 N–H and O–H groups in total. The second kappa shape index (κ2) is 14.6. The zero-order valence-corrected chi connectivity index (χ0v) is 25.4. The van der Waals surface area contributed by atoms with Crippen LogP contribution < -0.4 is 10.1 Å². The fourth-order valence-corrected chi connectivity index (χ4v) is 5.24. The molecule has 0 radical (unpaired) electrons. The van der Waals surface area contributed by atoms with Crippen molar-refractivity contribution in [1.82, 2.24) is 4.90 Å². The molecule has 1 saturated heterocycles. The van der Waals surface area contributed by atoms with E-state index in [1.165, 1.54) is 24.3 Å². The monoisotopic (exact) mass is 646 g/mol. The summed E-state index contributed by atoms with van der Waals surface area (Å²) in [6, 6.07) is 16.5. The van der Waals surface area contributed by atoms with Crippen molar-refractivity contribution >= 4 is 81.4 Å². The molecule has 42 heavy (non-hydrogen) atoms. The van der Waals surface area contributed by atoms with Crippen LogP contribution in [0.4, 0.5) is 10.5 Å². The number of carbonyl (C=O) groups excluding carboxylic acids is 4. The molecule has 3 aromatic rings. The van der Waals surface area contributed by atoms with E-state index in [-0.39, 0.29) is 34.4 Å². The first-order valence-electron chi connectivity index (χ1n) is 12.8. The molecule has 0 unspecified atom stereocenters. The summed E-state index contributed by atoms with van der Waals surface area (Å²) in [7, 11) is 0. The van der Waals surface area contributed by atoms with Crippen LogP contribution in [0.25, 0.3) is 6.08 Å². The first kappa shape index (κ1) is 31.4. The van der Waals surface area contributed by atoms with Crippen LogP contribution in [0.3, 0.4) is 0 Å². The molecular weight excluding hydrogens is 623 g/mol. The Morgan fingerprint density at radius 2 is 1.79 bits per heavy atom. The Labute approximate surface area is 261 Å². The number of esters is 1. The third-order valence-corrected chi connectivity index (χ3v) is 7.63. The molecule has 0 spiro atoms. The Hall–Kier alpha value is -3.50. The Morgan fingerprint density at radius 3 is 2.55 bits per heavy atom. The van der Waals surface area contributed by atoms with Crippen molar-refractivity contribution in [2.75, 3.05) is 18.5 Å². The molecule has 3 aromatic carbocycles. The van der Waals surface area contributed by atoms with Crippen LogP contribution in [0.1, 0.15) is 41.3 Å². The van der Waals surface area contributed by atoms with Gasteiger partial charge in [0.25, 0.3) is 11.1 Å². The van der Waals surface area contributed by atoms with Gasteiger partial charge in [-0.2, -0.15) is 0 Å². The van der Waals surface area contributed by atoms with Gasteiger partial charge in [0.05, 0.1) is 22.1 Å². The highest BCUT2D eigenvalue weighted by Gasteiger charge is 2.36. The zero-order valence-electron chi connectivity index (χ0n) is 22.3. The normalized spacial score (nSPS) is 13.9. The largest absolute Gasteiger partial charge is 0.488 e. The molecule has 218 valence electrons. The minimum Gasteiger partial charge on any atom is -0.488 e. The van der Waals surface area contributed by atoms with Gasteiger partial charge in [0, 0.05) is 21.3 Å². The minimum absolute atomic E-state index is 0.0922. The van der Waals surface area contributed by atoms with E-state index in [2.05, 4.69) is 5.32 Å². The van der Waals surface area contributed by atoms with Gasteiger partial charge in [-0.15, -0.1) is 0 Å². The van der Waals surface area contributed by atoms with Gasteiger partial charge >= 0.3 is 5.97 Å². The van der Waals surface area contributed by atoms with Crippen molar-refractivity contribution in [3.63, 3.8) is 0 Å². The van der Waals surface area contributed by atoms with Crippen LogP contribution in [-0.4, -0.2) is 41.1 Å². The lowest BCUT2D eigenvalue weighted by Crippen LogP contribution is -2.36. The van der Waals surface area contributed by atoms with Crippen molar-refractivity contribution in [1.29, 1.82) is 0 Å². The number of ether oxygens (including phenoxy) is 2. The maximum atomic E-state index is 13.1. The molecule has 0 aliphatic carbocycles. The van der Waals surface area contributed by atoms with E-state index >= 15 is 0 Å². The average molecular weight is 648 g/mol. The quantitative estimate of drug-likeness (QED) is 0.128. The van der Waals surface area contributed by atoms with Crippen LogP contribution >= 0.6 is 46.6 Å². The van der Waals surface area contributed by atoms with E-state index in [1.807, 2.05) is 19.1 Å². The highest BCUT2D eigenvalue weighted by atomic mass is 35.5. The van der Waals surface area contributed by atoms with Gasteiger partial charge in [-0.25, -0.2) is 4.79 Å². The number of imide groups is 1. The smallest absolute Gasteiger partial charge is 0.339 e. The second-order valence-corrected chi connectivity index (χ2v) is 11.4. The molecule has 0 saturated carbocycles. The summed E-state index contributed by atoms with van der Waals surface area (Å²) in [5.74, 6) is -1.45. The van der Waals surface area contributed by atoms with Gasteiger partial charge in [-0.3, -0.25) is 19.3 Å². The number of nitrogens with one attached hydrogen (secondary N) is 1. The lowest BCUT2D eigenvalue weighted by Gasteiger charge is -2.13. The highest BCUT2D eigenvalue weighted by Crippen LogP contribution is 2.35. The minimum atomic E-state index is -0.641. The third-order valence-electron chi connectivity index (χ3n) is 5.92. The number of rotatable bonds is 11. The first-order valence-corrected chi connectivity index (χ1v) is 14.8. The lowest BCUT2D eigenvalue weighted by atomic mass is 10.1. The van der Waals surface area contributed by atoms with Crippen molar-refractivity contribution in [3.05, 3.63) is 97.3 Å². The fourth-order valence-electron chi connectivity index (χ4n) is 3.82. The summed E-state index contributed by atoms with van der Waals surface area (Å²) in [5.41, 5.74) is 1.68. The van der Waals surface area contributed by atoms with Gasteiger partial charge < -0.3 is 14.8 Å². The predicted molar refractivity (Wildman–Crippen MR) is 165 cm³/mol. The molecule has 8 nitrogen and oxygen atoms in total. The van der Waals surface area contributed by atoms with Crippen LogP contribution in [-0.2, 0) is 20.9 Å². The molecule has 1 heterocycles. The molecule has 1 fully saturated rings. The number of benzene rings is 3. The number of thioether (sulfide) groups is 1. The predicted octanol–water partition coefficient (Wildman–Crippen LogP) is 7.86. The van der Waals surface area contributed by atoms with Crippen molar-refractivity contribution in [2.45, 2.75) is 26.4 Å². The van der Waals surface area contributed by atoms with Gasteiger partial charge in [-0.05, 0) is 78.4 Å². The summed E-state index contributed by atoms with van der Waals surface area (Å²) < 4.78 is 11.1. The number of hydrogen-bond donors (Lipinski definition) is 1. The topological polar surface area (TPSA) is 102 Å². The number of hydrogen-bond acceptors (Lipinski definition) is 7. The molecular formula is C30H25Cl3N2O6S. The molecule has 0 atom stereocenters. The molecule has 0 bridgehead atoms. The number of anilines is 1. The van der Waals surface area contributed by atoms with Crippen LogP contribution in [0.15, 0.2) is 65.6 Å². The fraction of sp³-hybridized carbons (Fsp3) is 0.200. The molecule has 3 amide bonds. The Balaban J connectivity index is 1.43. The van der Waals surface area contributed by atoms with Gasteiger partial charge in [-0.1, -0.05) is 60.3 Å². The third kappa shape index (κ3) is 8.29. The summed E-state index contributed by atoms with van der Waals surface area (Å²) >= 11 is 19.1. The van der Waals surface area contributed by atoms with Crippen molar-refractivity contribution in [2.24, 2.45) is 0 Å². The summed E-state index contributed by atoms with van der Waals surface area (Å²) in [6.45, 7) is 1.90. The van der Waals surface area contributed by atoms with E-state index in [1.54, 1.807) is 30.3 Å². The Kier molecular flexibility index (Phi) is 10.9. The number of carbonyl (C=O) groups is 4. The van der Waals surface area contributed by atoms with Gasteiger partial charge in [0.1, 0.15) is 18.9 Å². The summed E-state index contributed by atoms with van der Waals surface area (Å²) in [4.78, 5) is 51.8. The molecule has 0 aromatic heterocycles. The van der Waals surface area contributed by atoms with Gasteiger partial charge in [0.15, 0.2) is 0 Å². The average Bonchev–Trinajstić information content (AvgIpc) is 3.21. The number of amides is 3. The van der Waals surface area contributed by atoms with E-state index in [4.69, 9.17) is 44.3 Å². The number of unbranched alkanes of at least 4 members (excludes halogenated alkanes) is 1. The molecule has 12 heteroatoms. The Morgan fingerprint density at radius 1 is 1.00 bits per heavy atom. The second-order valence-electron chi connectivity index (χ2n) is 9.10. The van der Waals surface area contributed by atoms with E-state index in [9.17, 15) is 19.2 Å². The highest BCUT2D eigenvalue weighted by molar-refractivity contribution is 8.18. The van der Waals surface area contributed by atoms with Crippen molar-refractivity contribution < 1.29 is 28.7 Å². The maximum Gasteiger partial charge on any atom is 0.339 e. The summed E-state index contributed by atoms with van der Waals surface area (Å²) in [6.07, 6.45) is 3.07. The molecule has 4 rings (SSSR count). The molecule has 1 aliphatic rings. The zero-order chi connectivity index (χ0) is 30.2. The number of nitrogens with zero attached hydrogens (tertiary/aromatic N) is 1. The number of halogens is 3. The lowest BCUT2D eigenvalue weighted by molar-refractivity contribution is -0.127. The maximum absolute atomic E-state index is 13.1. The Bertz CT molecular complexity index is 1560. The molecule has 1 aliphatic heterocycles. The van der Waals surface area contributed by atoms with Gasteiger partial charge in [0.2, 0.25) is 5.91 Å². The van der Waals surface area contributed by atoms with E-state index in [0.717, 1.165) is 16.9 Å². The first-order chi connectivity index (χ1) is 20.1. The van der Waals surface area contributed by atoms with Crippen molar-refractivity contribution in [3.8, 4) is 5.75 Å². The van der Waals surface area contributed by atoms with Crippen LogP contribution in [0.2, 0.25) is 15.1 Å². The van der Waals surface area contributed by atoms with Crippen LogP contribution in [0, 0.1) is 0 Å². The van der Waals surface area contributed by atoms with E-state index in [0.29, 0.717) is 39.5 Å². The van der Waals surface area contributed by atoms with Crippen LogP contribution in [0.5, 0.6) is 5.75 Å². The SMILES string of the molecule is CCCCOC(=O)c1cc(NC(=O)CN2C(=O)S/C(=C/c3cc(Cl)ccc3OCc3cccc(Cl)c3)C2=O)ccc1Cl. The van der Waals surface area contributed by atoms with E-state index < -0.39 is 29.6 Å². The standard InChI is InChI=1S/C30H25Cl3N2O6S/c1-2-3-11-40-29(38)23-15-22(8-9-24(23)33)34-27(36)16-35-28(37)26(42-30(35)39)14-19-13-21(32)7-10-25(19)41-17-18-5-4-6-20(31)12-18/h4-10,12-15H,2-3,11,16-17H2,1H3,(H,34,36)/b26-14+. The summed E-state index contributed by atoms with van der Waals surface area (Å²) in [5, 5.41) is 3.13.